The fourth-order valence-corrected chi connectivity index (χ4v) is 2.74. The summed E-state index contributed by atoms with van der Waals surface area (Å²) in [5, 5.41) is 0. The molecule has 0 bridgehead atoms. The number of rotatable bonds is 7. The summed E-state index contributed by atoms with van der Waals surface area (Å²) in [6.07, 6.45) is 3.93. The number of nitrogens with zero attached hydrogens (tertiary/aromatic N) is 1. The van der Waals surface area contributed by atoms with Crippen LogP contribution in [0.4, 0.5) is 0 Å². The molecule has 0 aliphatic carbocycles. The molecule has 0 aromatic heterocycles. The normalized spacial score (nSPS) is 16.5. The van der Waals surface area contributed by atoms with Gasteiger partial charge in [0.15, 0.2) is 5.78 Å². The molecule has 1 aliphatic rings. The SMILES string of the molecule is CN(CCCC(=O)c1ccccc1)CC1CCOCC1. The minimum Gasteiger partial charge on any atom is -0.381 e. The van der Waals surface area contributed by atoms with Gasteiger partial charge in [-0.15, -0.1) is 0 Å². The maximum absolute atomic E-state index is 12.0. The summed E-state index contributed by atoms with van der Waals surface area (Å²) in [6, 6.07) is 9.58. The zero-order valence-electron chi connectivity index (χ0n) is 12.4. The van der Waals surface area contributed by atoms with Gasteiger partial charge in [0.2, 0.25) is 0 Å². The number of ketones is 1. The van der Waals surface area contributed by atoms with Crippen LogP contribution in [0.15, 0.2) is 30.3 Å². The fraction of sp³-hybridized carbons (Fsp3) is 0.588. The van der Waals surface area contributed by atoms with Crippen LogP contribution in [0, 0.1) is 5.92 Å². The Morgan fingerprint density at radius 1 is 1.25 bits per heavy atom. The molecule has 0 atom stereocenters. The van der Waals surface area contributed by atoms with E-state index in [1.165, 1.54) is 12.8 Å². The summed E-state index contributed by atoms with van der Waals surface area (Å²) < 4.78 is 5.38. The highest BCUT2D eigenvalue weighted by Crippen LogP contribution is 2.15. The molecular formula is C17H25NO2. The highest BCUT2D eigenvalue weighted by Gasteiger charge is 2.15. The second kappa shape index (κ2) is 8.18. The first-order chi connectivity index (χ1) is 9.75. The van der Waals surface area contributed by atoms with E-state index in [9.17, 15) is 4.79 Å². The number of carbonyl (C=O) groups is 1. The van der Waals surface area contributed by atoms with E-state index in [2.05, 4.69) is 11.9 Å². The third-order valence-electron chi connectivity index (χ3n) is 3.95. The lowest BCUT2D eigenvalue weighted by atomic mass is 9.99. The number of benzene rings is 1. The number of hydrogen-bond acceptors (Lipinski definition) is 3. The van der Waals surface area contributed by atoms with Crippen molar-refractivity contribution in [3.8, 4) is 0 Å². The zero-order valence-corrected chi connectivity index (χ0v) is 12.4. The van der Waals surface area contributed by atoms with E-state index in [0.717, 1.165) is 44.2 Å². The summed E-state index contributed by atoms with van der Waals surface area (Å²) in [5.74, 6) is 1.02. The minimum atomic E-state index is 0.255. The van der Waals surface area contributed by atoms with Crippen molar-refractivity contribution < 1.29 is 9.53 Å². The predicted octanol–water partition coefficient (Wildman–Crippen LogP) is 3.01. The molecule has 1 heterocycles. The van der Waals surface area contributed by atoms with Crippen LogP contribution in [0.2, 0.25) is 0 Å². The highest BCUT2D eigenvalue weighted by atomic mass is 16.5. The average molecular weight is 275 g/mol. The fourth-order valence-electron chi connectivity index (χ4n) is 2.74. The molecule has 1 fully saturated rings. The molecule has 110 valence electrons. The maximum Gasteiger partial charge on any atom is 0.162 e. The largest absolute Gasteiger partial charge is 0.381 e. The van der Waals surface area contributed by atoms with Crippen molar-refractivity contribution in [2.75, 3.05) is 33.4 Å². The van der Waals surface area contributed by atoms with Crippen molar-refractivity contribution >= 4 is 5.78 Å². The Labute approximate surface area is 121 Å². The van der Waals surface area contributed by atoms with Gasteiger partial charge >= 0.3 is 0 Å². The summed E-state index contributed by atoms with van der Waals surface area (Å²) in [7, 11) is 2.16. The third-order valence-corrected chi connectivity index (χ3v) is 3.95. The van der Waals surface area contributed by atoms with E-state index in [4.69, 9.17) is 4.74 Å². The van der Waals surface area contributed by atoms with Gasteiger partial charge in [-0.2, -0.15) is 0 Å². The second-order valence-electron chi connectivity index (χ2n) is 5.71. The van der Waals surface area contributed by atoms with E-state index >= 15 is 0 Å². The molecule has 0 N–H and O–H groups in total. The summed E-state index contributed by atoms with van der Waals surface area (Å²) in [5.41, 5.74) is 0.833. The van der Waals surface area contributed by atoms with Gasteiger partial charge in [-0.3, -0.25) is 4.79 Å². The van der Waals surface area contributed by atoms with Crippen molar-refractivity contribution in [1.29, 1.82) is 0 Å². The molecule has 1 aliphatic heterocycles. The number of carbonyl (C=O) groups excluding carboxylic acids is 1. The molecular weight excluding hydrogens is 250 g/mol. The molecule has 0 spiro atoms. The summed E-state index contributed by atoms with van der Waals surface area (Å²) >= 11 is 0. The molecule has 1 aromatic carbocycles. The van der Waals surface area contributed by atoms with Gasteiger partial charge in [-0.05, 0) is 38.8 Å². The van der Waals surface area contributed by atoms with Crippen molar-refractivity contribution in [2.45, 2.75) is 25.7 Å². The van der Waals surface area contributed by atoms with Crippen LogP contribution in [0.1, 0.15) is 36.0 Å². The van der Waals surface area contributed by atoms with E-state index in [1.807, 2.05) is 30.3 Å². The first-order valence-corrected chi connectivity index (χ1v) is 7.60. The monoisotopic (exact) mass is 275 g/mol. The van der Waals surface area contributed by atoms with E-state index in [1.54, 1.807) is 0 Å². The lowest BCUT2D eigenvalue weighted by Crippen LogP contribution is -2.30. The van der Waals surface area contributed by atoms with Crippen LogP contribution in [0.25, 0.3) is 0 Å². The predicted molar refractivity (Wildman–Crippen MR) is 81.0 cm³/mol. The topological polar surface area (TPSA) is 29.5 Å². The molecule has 20 heavy (non-hydrogen) atoms. The van der Waals surface area contributed by atoms with Gasteiger partial charge in [-0.1, -0.05) is 30.3 Å². The average Bonchev–Trinajstić information content (AvgIpc) is 2.49. The number of ether oxygens (including phenoxy) is 1. The Morgan fingerprint density at radius 2 is 1.95 bits per heavy atom. The van der Waals surface area contributed by atoms with Crippen LogP contribution in [-0.4, -0.2) is 44.0 Å². The van der Waals surface area contributed by atoms with E-state index < -0.39 is 0 Å². The Balaban J connectivity index is 1.63. The molecule has 0 amide bonds. The first kappa shape index (κ1) is 15.2. The van der Waals surface area contributed by atoms with E-state index in [-0.39, 0.29) is 5.78 Å². The highest BCUT2D eigenvalue weighted by molar-refractivity contribution is 5.95. The van der Waals surface area contributed by atoms with Crippen LogP contribution >= 0.6 is 0 Å². The van der Waals surface area contributed by atoms with Crippen molar-refractivity contribution in [1.82, 2.24) is 4.90 Å². The number of hydrogen-bond donors (Lipinski definition) is 0. The lowest BCUT2D eigenvalue weighted by Gasteiger charge is -2.27. The minimum absolute atomic E-state index is 0.255. The molecule has 3 heteroatoms. The van der Waals surface area contributed by atoms with Crippen molar-refractivity contribution in [2.24, 2.45) is 5.92 Å². The van der Waals surface area contributed by atoms with Gasteiger partial charge in [0.25, 0.3) is 0 Å². The van der Waals surface area contributed by atoms with Crippen LogP contribution < -0.4 is 0 Å². The Hall–Kier alpha value is -1.19. The molecule has 0 unspecified atom stereocenters. The lowest BCUT2D eigenvalue weighted by molar-refractivity contribution is 0.0555. The van der Waals surface area contributed by atoms with Gasteiger partial charge in [0.1, 0.15) is 0 Å². The summed E-state index contributed by atoms with van der Waals surface area (Å²) in [6.45, 7) is 3.94. The zero-order chi connectivity index (χ0) is 14.2. The smallest absolute Gasteiger partial charge is 0.162 e. The van der Waals surface area contributed by atoms with Gasteiger partial charge in [-0.25, -0.2) is 0 Å². The molecule has 2 rings (SSSR count). The van der Waals surface area contributed by atoms with Crippen LogP contribution in [0.5, 0.6) is 0 Å². The Bertz CT molecular complexity index is 399. The van der Waals surface area contributed by atoms with Crippen LogP contribution in [0.3, 0.4) is 0 Å². The Kier molecular flexibility index (Phi) is 6.22. The van der Waals surface area contributed by atoms with Crippen molar-refractivity contribution in [3.05, 3.63) is 35.9 Å². The van der Waals surface area contributed by atoms with E-state index in [0.29, 0.717) is 6.42 Å². The first-order valence-electron chi connectivity index (χ1n) is 7.60. The molecule has 3 nitrogen and oxygen atoms in total. The maximum atomic E-state index is 12.0. The molecule has 0 saturated carbocycles. The molecule has 1 aromatic rings. The quantitative estimate of drug-likeness (QED) is 0.716. The van der Waals surface area contributed by atoms with Gasteiger partial charge < -0.3 is 9.64 Å². The van der Waals surface area contributed by atoms with Crippen LogP contribution in [-0.2, 0) is 4.74 Å². The molecule has 0 radical (unpaired) electrons. The number of Topliss-reactive ketones (excluding diaryl/α,β-unsaturated/α-hetero) is 1. The van der Waals surface area contributed by atoms with Gasteiger partial charge in [0.05, 0.1) is 0 Å². The Morgan fingerprint density at radius 3 is 2.65 bits per heavy atom. The molecule has 1 saturated heterocycles. The van der Waals surface area contributed by atoms with Gasteiger partial charge in [0, 0.05) is 31.7 Å². The standard InChI is InChI=1S/C17H25NO2/c1-18(14-15-9-12-20-13-10-15)11-5-8-17(19)16-6-3-2-4-7-16/h2-4,6-7,15H,5,8-14H2,1H3. The van der Waals surface area contributed by atoms with Crippen molar-refractivity contribution in [3.63, 3.8) is 0 Å². The summed E-state index contributed by atoms with van der Waals surface area (Å²) in [4.78, 5) is 14.3. The second-order valence-corrected chi connectivity index (χ2v) is 5.71. The third kappa shape index (κ3) is 5.06.